The van der Waals surface area contributed by atoms with Crippen molar-refractivity contribution in [2.45, 2.75) is 63.8 Å². The van der Waals surface area contributed by atoms with Gasteiger partial charge in [-0.3, -0.25) is 0 Å². The van der Waals surface area contributed by atoms with Gasteiger partial charge in [-0.25, -0.2) is 4.79 Å². The molecular formula is C15H29N3O. The van der Waals surface area contributed by atoms with Crippen LogP contribution in [0.5, 0.6) is 0 Å². The maximum Gasteiger partial charge on any atom is 0.320 e. The molecule has 1 aliphatic heterocycles. The van der Waals surface area contributed by atoms with Gasteiger partial charge in [0.25, 0.3) is 0 Å². The molecule has 19 heavy (non-hydrogen) atoms. The Bertz CT molecular complexity index is 271. The number of urea groups is 1. The summed E-state index contributed by atoms with van der Waals surface area (Å²) in [5.74, 6) is 0. The quantitative estimate of drug-likeness (QED) is 0.851. The van der Waals surface area contributed by atoms with E-state index in [9.17, 15) is 4.79 Å². The Hall–Kier alpha value is -0.770. The highest BCUT2D eigenvalue weighted by atomic mass is 16.2. The van der Waals surface area contributed by atoms with Gasteiger partial charge in [0.15, 0.2) is 0 Å². The summed E-state index contributed by atoms with van der Waals surface area (Å²) >= 11 is 0. The van der Waals surface area contributed by atoms with E-state index in [1.54, 1.807) is 0 Å². The van der Waals surface area contributed by atoms with Crippen molar-refractivity contribution >= 4 is 6.03 Å². The van der Waals surface area contributed by atoms with E-state index in [4.69, 9.17) is 5.73 Å². The first kappa shape index (κ1) is 14.6. The summed E-state index contributed by atoms with van der Waals surface area (Å²) in [6.07, 6.45) is 10.8. The van der Waals surface area contributed by atoms with Crippen molar-refractivity contribution in [3.05, 3.63) is 0 Å². The zero-order valence-electron chi connectivity index (χ0n) is 12.1. The predicted molar refractivity (Wildman–Crippen MR) is 78.1 cm³/mol. The highest BCUT2D eigenvalue weighted by Crippen LogP contribution is 2.24. The van der Waals surface area contributed by atoms with E-state index in [0.29, 0.717) is 12.6 Å². The van der Waals surface area contributed by atoms with Crippen LogP contribution < -0.4 is 5.73 Å². The summed E-state index contributed by atoms with van der Waals surface area (Å²) in [5.41, 5.74) is 5.63. The number of nitrogens with zero attached hydrogens (tertiary/aromatic N) is 2. The smallest absolute Gasteiger partial charge is 0.320 e. The summed E-state index contributed by atoms with van der Waals surface area (Å²) in [5, 5.41) is 0. The summed E-state index contributed by atoms with van der Waals surface area (Å²) in [4.78, 5) is 16.9. The second kappa shape index (κ2) is 7.73. The fourth-order valence-electron chi connectivity index (χ4n) is 3.36. The number of nitrogens with two attached hydrogens (primary N) is 1. The Morgan fingerprint density at radius 3 is 2.32 bits per heavy atom. The molecule has 0 aromatic rings. The van der Waals surface area contributed by atoms with Crippen LogP contribution in [-0.2, 0) is 0 Å². The Morgan fingerprint density at radius 2 is 1.68 bits per heavy atom. The molecule has 4 nitrogen and oxygen atoms in total. The van der Waals surface area contributed by atoms with Gasteiger partial charge >= 0.3 is 6.03 Å². The van der Waals surface area contributed by atoms with Gasteiger partial charge < -0.3 is 15.5 Å². The molecule has 0 aromatic carbocycles. The average Bonchev–Trinajstić information content (AvgIpc) is 2.49. The first-order valence-corrected chi connectivity index (χ1v) is 8.08. The van der Waals surface area contributed by atoms with Crippen LogP contribution in [0.4, 0.5) is 4.79 Å². The minimum atomic E-state index is 0.278. The average molecular weight is 267 g/mol. The molecule has 0 bridgehead atoms. The van der Waals surface area contributed by atoms with Crippen molar-refractivity contribution in [2.75, 3.05) is 26.2 Å². The lowest BCUT2D eigenvalue weighted by Crippen LogP contribution is -2.50. The van der Waals surface area contributed by atoms with Gasteiger partial charge in [0, 0.05) is 25.7 Å². The summed E-state index contributed by atoms with van der Waals surface area (Å²) in [6, 6.07) is 0.745. The topological polar surface area (TPSA) is 49.6 Å². The van der Waals surface area contributed by atoms with E-state index in [1.165, 1.54) is 51.4 Å². The standard InChI is InChI=1S/C15H29N3O/c16-10-7-13-18(14-8-3-1-4-9-14)15(19)17-11-5-2-6-12-17/h14H,1-13,16H2. The Balaban J connectivity index is 1.95. The third-order valence-electron chi connectivity index (χ3n) is 4.49. The molecule has 0 unspecified atom stereocenters. The van der Waals surface area contributed by atoms with Crippen LogP contribution in [0.15, 0.2) is 0 Å². The van der Waals surface area contributed by atoms with E-state index in [1.807, 2.05) is 0 Å². The van der Waals surface area contributed by atoms with Gasteiger partial charge in [0.2, 0.25) is 0 Å². The van der Waals surface area contributed by atoms with Crippen molar-refractivity contribution in [1.29, 1.82) is 0 Å². The van der Waals surface area contributed by atoms with E-state index in [2.05, 4.69) is 9.80 Å². The lowest BCUT2D eigenvalue weighted by molar-refractivity contribution is 0.112. The number of piperidine rings is 1. The van der Waals surface area contributed by atoms with E-state index in [0.717, 1.165) is 26.1 Å². The van der Waals surface area contributed by atoms with Crippen LogP contribution in [0, 0.1) is 0 Å². The van der Waals surface area contributed by atoms with E-state index < -0.39 is 0 Å². The first-order chi connectivity index (χ1) is 9.33. The maximum atomic E-state index is 12.7. The maximum absolute atomic E-state index is 12.7. The second-order valence-corrected chi connectivity index (χ2v) is 5.96. The third kappa shape index (κ3) is 4.10. The van der Waals surface area contributed by atoms with Crippen LogP contribution in [-0.4, -0.2) is 48.1 Å². The van der Waals surface area contributed by atoms with Gasteiger partial charge in [-0.05, 0) is 45.1 Å². The molecule has 1 saturated carbocycles. The molecule has 0 spiro atoms. The summed E-state index contributed by atoms with van der Waals surface area (Å²) in [6.45, 7) is 3.42. The van der Waals surface area contributed by atoms with Crippen molar-refractivity contribution in [3.8, 4) is 0 Å². The SMILES string of the molecule is NCCCN(C(=O)N1CCCCC1)C1CCCCC1. The molecule has 2 rings (SSSR count). The van der Waals surface area contributed by atoms with Crippen molar-refractivity contribution < 1.29 is 4.79 Å². The fourth-order valence-corrected chi connectivity index (χ4v) is 3.36. The van der Waals surface area contributed by atoms with Crippen LogP contribution in [0.25, 0.3) is 0 Å². The summed E-state index contributed by atoms with van der Waals surface area (Å²) in [7, 11) is 0. The van der Waals surface area contributed by atoms with Gasteiger partial charge in [0.05, 0.1) is 0 Å². The molecular weight excluding hydrogens is 238 g/mol. The second-order valence-electron chi connectivity index (χ2n) is 5.96. The normalized spacial score (nSPS) is 21.4. The number of rotatable bonds is 4. The molecule has 4 heteroatoms. The molecule has 1 heterocycles. The van der Waals surface area contributed by atoms with Gasteiger partial charge in [-0.2, -0.15) is 0 Å². The van der Waals surface area contributed by atoms with Gasteiger partial charge in [0.1, 0.15) is 0 Å². The molecule has 2 N–H and O–H groups in total. The predicted octanol–water partition coefficient (Wildman–Crippen LogP) is 2.58. The Labute approximate surface area is 117 Å². The highest BCUT2D eigenvalue weighted by Gasteiger charge is 2.28. The highest BCUT2D eigenvalue weighted by molar-refractivity contribution is 5.75. The lowest BCUT2D eigenvalue weighted by atomic mass is 9.94. The Morgan fingerprint density at radius 1 is 1.05 bits per heavy atom. The summed E-state index contributed by atoms with van der Waals surface area (Å²) < 4.78 is 0. The fraction of sp³-hybridized carbons (Fsp3) is 0.933. The first-order valence-electron chi connectivity index (χ1n) is 8.08. The molecule has 0 aromatic heterocycles. The number of amides is 2. The molecule has 0 radical (unpaired) electrons. The number of carbonyl (C=O) groups is 1. The molecule has 0 atom stereocenters. The molecule has 2 aliphatic rings. The monoisotopic (exact) mass is 267 g/mol. The molecule has 2 fully saturated rings. The third-order valence-corrected chi connectivity index (χ3v) is 4.49. The van der Waals surface area contributed by atoms with Crippen molar-refractivity contribution in [2.24, 2.45) is 5.73 Å². The zero-order chi connectivity index (χ0) is 13.5. The van der Waals surface area contributed by atoms with Crippen molar-refractivity contribution in [3.63, 3.8) is 0 Å². The van der Waals surface area contributed by atoms with E-state index in [-0.39, 0.29) is 6.03 Å². The molecule has 1 saturated heterocycles. The van der Waals surface area contributed by atoms with Crippen molar-refractivity contribution in [1.82, 2.24) is 9.80 Å². The van der Waals surface area contributed by atoms with E-state index >= 15 is 0 Å². The zero-order valence-corrected chi connectivity index (χ0v) is 12.1. The molecule has 2 amide bonds. The number of hydrogen-bond acceptors (Lipinski definition) is 2. The number of hydrogen-bond donors (Lipinski definition) is 1. The Kier molecular flexibility index (Phi) is 5.95. The molecule has 110 valence electrons. The largest absolute Gasteiger partial charge is 0.330 e. The van der Waals surface area contributed by atoms with Crippen LogP contribution in [0.3, 0.4) is 0 Å². The van der Waals surface area contributed by atoms with Crippen LogP contribution in [0.1, 0.15) is 57.8 Å². The number of carbonyl (C=O) groups excluding carboxylic acids is 1. The van der Waals surface area contributed by atoms with Gasteiger partial charge in [-0.1, -0.05) is 19.3 Å². The minimum Gasteiger partial charge on any atom is -0.330 e. The number of likely N-dealkylation sites (tertiary alicyclic amines) is 1. The lowest BCUT2D eigenvalue weighted by Gasteiger charge is -2.39. The minimum absolute atomic E-state index is 0.278. The van der Waals surface area contributed by atoms with Crippen LogP contribution >= 0.6 is 0 Å². The van der Waals surface area contributed by atoms with Gasteiger partial charge in [-0.15, -0.1) is 0 Å². The van der Waals surface area contributed by atoms with Crippen LogP contribution in [0.2, 0.25) is 0 Å². The molecule has 1 aliphatic carbocycles.